The Morgan fingerprint density at radius 3 is 3.11 bits per heavy atom. The highest BCUT2D eigenvalue weighted by molar-refractivity contribution is 7.09. The van der Waals surface area contributed by atoms with Crippen molar-refractivity contribution in [3.05, 3.63) is 34.3 Å². The molecule has 0 saturated carbocycles. The van der Waals surface area contributed by atoms with Crippen LogP contribution >= 0.6 is 11.3 Å². The van der Waals surface area contributed by atoms with Gasteiger partial charge in [0.05, 0.1) is 11.2 Å². The molecule has 6 heteroatoms. The predicted molar refractivity (Wildman–Crippen MR) is 74.0 cm³/mol. The van der Waals surface area contributed by atoms with Gasteiger partial charge in [0.25, 0.3) is 0 Å². The molecular weight excluding hydrogens is 260 g/mol. The number of imidazole rings is 1. The molecule has 1 N–H and O–H groups in total. The highest BCUT2D eigenvalue weighted by Crippen LogP contribution is 2.28. The van der Waals surface area contributed by atoms with Crippen LogP contribution in [0.2, 0.25) is 0 Å². The van der Waals surface area contributed by atoms with Gasteiger partial charge in [0.1, 0.15) is 11.9 Å². The molecule has 3 heterocycles. The van der Waals surface area contributed by atoms with Crippen molar-refractivity contribution in [3.8, 4) is 0 Å². The minimum absolute atomic E-state index is 0.0493. The van der Waals surface area contributed by atoms with E-state index in [1.54, 1.807) is 11.3 Å². The SMILES string of the molecule is Cc1ncsc1CN[C@H]1CCO[C@@H]1c1nccn1C. The summed E-state index contributed by atoms with van der Waals surface area (Å²) in [7, 11) is 2.01. The monoisotopic (exact) mass is 278 g/mol. The molecule has 1 aliphatic heterocycles. The molecular formula is C13H18N4OS. The van der Waals surface area contributed by atoms with Crippen molar-refractivity contribution in [1.29, 1.82) is 0 Å². The van der Waals surface area contributed by atoms with Gasteiger partial charge in [-0.25, -0.2) is 9.97 Å². The lowest BCUT2D eigenvalue weighted by molar-refractivity contribution is 0.0893. The molecule has 0 bridgehead atoms. The Balaban J connectivity index is 1.67. The summed E-state index contributed by atoms with van der Waals surface area (Å²) in [6, 6.07) is 0.322. The summed E-state index contributed by atoms with van der Waals surface area (Å²) in [6.45, 7) is 3.69. The summed E-state index contributed by atoms with van der Waals surface area (Å²) >= 11 is 1.70. The molecule has 1 saturated heterocycles. The number of aryl methyl sites for hydroxylation is 2. The van der Waals surface area contributed by atoms with Crippen LogP contribution < -0.4 is 5.32 Å². The van der Waals surface area contributed by atoms with Crippen molar-refractivity contribution >= 4 is 11.3 Å². The van der Waals surface area contributed by atoms with E-state index < -0.39 is 0 Å². The third-order valence-electron chi connectivity index (χ3n) is 3.57. The maximum absolute atomic E-state index is 5.83. The fraction of sp³-hybridized carbons (Fsp3) is 0.538. The highest BCUT2D eigenvalue weighted by atomic mass is 32.1. The molecule has 1 aliphatic rings. The van der Waals surface area contributed by atoms with Gasteiger partial charge in [-0.05, 0) is 13.3 Å². The number of thiazole rings is 1. The van der Waals surface area contributed by atoms with Gasteiger partial charge in [0, 0.05) is 43.5 Å². The molecule has 0 amide bonds. The summed E-state index contributed by atoms with van der Waals surface area (Å²) in [5, 5.41) is 3.58. The fourth-order valence-electron chi connectivity index (χ4n) is 2.42. The first-order chi connectivity index (χ1) is 9.25. The molecule has 3 rings (SSSR count). The number of aromatic nitrogens is 3. The standard InChI is InChI=1S/C13H18N4OS/c1-9-11(19-8-16-9)7-15-10-3-6-18-12(10)13-14-4-5-17(13)2/h4-5,8,10,12,15H,3,6-7H2,1-2H3/t10-,12-/m0/s1. The minimum atomic E-state index is 0.0493. The summed E-state index contributed by atoms with van der Waals surface area (Å²) < 4.78 is 7.86. The third kappa shape index (κ3) is 2.56. The van der Waals surface area contributed by atoms with E-state index in [0.29, 0.717) is 6.04 Å². The lowest BCUT2D eigenvalue weighted by Gasteiger charge is -2.19. The number of hydrogen-bond donors (Lipinski definition) is 1. The molecule has 2 atom stereocenters. The second-order valence-electron chi connectivity index (χ2n) is 4.82. The topological polar surface area (TPSA) is 52.0 Å². The Hall–Kier alpha value is -1.24. The van der Waals surface area contributed by atoms with Crippen LogP contribution in [-0.4, -0.2) is 27.2 Å². The second-order valence-corrected chi connectivity index (χ2v) is 5.76. The van der Waals surface area contributed by atoms with E-state index in [1.807, 2.05) is 29.5 Å². The maximum atomic E-state index is 5.83. The van der Waals surface area contributed by atoms with Gasteiger partial charge in [0.2, 0.25) is 0 Å². The third-order valence-corrected chi connectivity index (χ3v) is 4.51. The number of nitrogens with zero attached hydrogens (tertiary/aromatic N) is 3. The van der Waals surface area contributed by atoms with Gasteiger partial charge in [-0.15, -0.1) is 11.3 Å². The summed E-state index contributed by atoms with van der Waals surface area (Å²) in [6.07, 6.45) is 4.85. The predicted octanol–water partition coefficient (Wildman–Crippen LogP) is 1.80. The first-order valence-electron chi connectivity index (χ1n) is 6.47. The zero-order chi connectivity index (χ0) is 13.2. The summed E-state index contributed by atoms with van der Waals surface area (Å²) in [5.41, 5.74) is 3.01. The summed E-state index contributed by atoms with van der Waals surface area (Å²) in [4.78, 5) is 9.97. The molecule has 2 aromatic rings. The van der Waals surface area contributed by atoms with Crippen LogP contribution in [0.15, 0.2) is 17.9 Å². The van der Waals surface area contributed by atoms with Gasteiger partial charge < -0.3 is 14.6 Å². The Labute approximate surface area is 116 Å². The van der Waals surface area contributed by atoms with Crippen LogP contribution in [0.1, 0.15) is 28.9 Å². The molecule has 19 heavy (non-hydrogen) atoms. The molecule has 0 unspecified atom stereocenters. The van der Waals surface area contributed by atoms with E-state index in [4.69, 9.17) is 4.74 Å². The van der Waals surface area contributed by atoms with Crippen LogP contribution in [0.25, 0.3) is 0 Å². The highest BCUT2D eigenvalue weighted by Gasteiger charge is 2.32. The van der Waals surface area contributed by atoms with Crippen LogP contribution in [0, 0.1) is 6.92 Å². The number of ether oxygens (including phenoxy) is 1. The fourth-order valence-corrected chi connectivity index (χ4v) is 3.15. The van der Waals surface area contributed by atoms with Gasteiger partial charge in [-0.3, -0.25) is 0 Å². The second kappa shape index (κ2) is 5.40. The van der Waals surface area contributed by atoms with Crippen molar-refractivity contribution in [1.82, 2.24) is 19.9 Å². The van der Waals surface area contributed by atoms with Crippen molar-refractivity contribution in [2.45, 2.75) is 32.0 Å². The van der Waals surface area contributed by atoms with Crippen molar-refractivity contribution in [2.24, 2.45) is 7.05 Å². The Morgan fingerprint density at radius 1 is 1.53 bits per heavy atom. The molecule has 1 fully saturated rings. The van der Waals surface area contributed by atoms with Crippen molar-refractivity contribution < 1.29 is 4.74 Å². The molecule has 2 aromatic heterocycles. The van der Waals surface area contributed by atoms with E-state index in [2.05, 4.69) is 22.2 Å². The van der Waals surface area contributed by atoms with E-state index in [1.165, 1.54) is 4.88 Å². The maximum Gasteiger partial charge on any atom is 0.139 e. The van der Waals surface area contributed by atoms with Gasteiger partial charge in [-0.1, -0.05) is 0 Å². The van der Waals surface area contributed by atoms with E-state index >= 15 is 0 Å². The molecule has 5 nitrogen and oxygen atoms in total. The van der Waals surface area contributed by atoms with Crippen LogP contribution in [-0.2, 0) is 18.3 Å². The van der Waals surface area contributed by atoms with Gasteiger partial charge >= 0.3 is 0 Å². The van der Waals surface area contributed by atoms with Crippen molar-refractivity contribution in [3.63, 3.8) is 0 Å². The first kappa shape index (κ1) is 12.8. The molecule has 0 aromatic carbocycles. The Morgan fingerprint density at radius 2 is 2.42 bits per heavy atom. The number of nitrogens with one attached hydrogen (secondary N) is 1. The average Bonchev–Trinajstić information content (AvgIpc) is 3.08. The van der Waals surface area contributed by atoms with Crippen LogP contribution in [0.3, 0.4) is 0 Å². The Kier molecular flexibility index (Phi) is 3.63. The molecule has 0 radical (unpaired) electrons. The minimum Gasteiger partial charge on any atom is -0.369 e. The average molecular weight is 278 g/mol. The lowest BCUT2D eigenvalue weighted by Crippen LogP contribution is -2.32. The normalized spacial score (nSPS) is 23.1. The quantitative estimate of drug-likeness (QED) is 0.926. The number of rotatable bonds is 4. The summed E-state index contributed by atoms with van der Waals surface area (Å²) in [5.74, 6) is 0.996. The smallest absolute Gasteiger partial charge is 0.139 e. The van der Waals surface area contributed by atoms with E-state index in [9.17, 15) is 0 Å². The van der Waals surface area contributed by atoms with E-state index in [-0.39, 0.29) is 6.10 Å². The number of hydrogen-bond acceptors (Lipinski definition) is 5. The zero-order valence-corrected chi connectivity index (χ0v) is 12.0. The largest absolute Gasteiger partial charge is 0.369 e. The lowest BCUT2D eigenvalue weighted by atomic mass is 10.1. The molecule has 0 aliphatic carbocycles. The van der Waals surface area contributed by atoms with Gasteiger partial charge in [0.15, 0.2) is 0 Å². The zero-order valence-electron chi connectivity index (χ0n) is 11.2. The van der Waals surface area contributed by atoms with Crippen LogP contribution in [0.4, 0.5) is 0 Å². The van der Waals surface area contributed by atoms with E-state index in [0.717, 1.165) is 31.1 Å². The Bertz CT molecular complexity index is 550. The van der Waals surface area contributed by atoms with Crippen molar-refractivity contribution in [2.75, 3.05) is 6.61 Å². The van der Waals surface area contributed by atoms with Gasteiger partial charge in [-0.2, -0.15) is 0 Å². The van der Waals surface area contributed by atoms with Crippen LogP contribution in [0.5, 0.6) is 0 Å². The first-order valence-corrected chi connectivity index (χ1v) is 7.35. The molecule has 0 spiro atoms. The molecule has 102 valence electrons.